The minimum absolute atomic E-state index is 0.0226. The van der Waals surface area contributed by atoms with E-state index in [0.29, 0.717) is 17.3 Å². The minimum atomic E-state index is -0.671. The number of carbonyl (C=O) groups is 1. The summed E-state index contributed by atoms with van der Waals surface area (Å²) >= 11 is 6.40. The number of halogens is 1. The number of aryl methyl sites for hydroxylation is 2. The van der Waals surface area contributed by atoms with Gasteiger partial charge >= 0.3 is 5.97 Å². The summed E-state index contributed by atoms with van der Waals surface area (Å²) in [5, 5.41) is 15.9. The molecule has 2 aromatic heterocycles. The van der Waals surface area contributed by atoms with E-state index in [1.807, 2.05) is 6.92 Å². The Morgan fingerprint density at radius 1 is 1.41 bits per heavy atom. The second kappa shape index (κ2) is 9.27. The van der Waals surface area contributed by atoms with Gasteiger partial charge in [-0.05, 0) is 32.4 Å². The van der Waals surface area contributed by atoms with Gasteiger partial charge in [-0.25, -0.2) is 9.78 Å². The molecule has 2 rings (SSSR count). The molecule has 2 aromatic rings. The van der Waals surface area contributed by atoms with Gasteiger partial charge in [0, 0.05) is 18.2 Å². The lowest BCUT2D eigenvalue weighted by molar-refractivity contribution is -0.385. The van der Waals surface area contributed by atoms with Crippen LogP contribution in [-0.2, 0) is 11.3 Å². The van der Waals surface area contributed by atoms with Gasteiger partial charge in [-0.1, -0.05) is 24.9 Å². The average Bonchev–Trinajstić information content (AvgIpc) is 2.91. The molecule has 0 saturated heterocycles. The van der Waals surface area contributed by atoms with Crippen molar-refractivity contribution in [2.75, 3.05) is 6.61 Å². The maximum absolute atomic E-state index is 12.1. The number of carbonyl (C=O) groups excluding carboxylic acids is 1. The summed E-state index contributed by atoms with van der Waals surface area (Å²) in [5.41, 5.74) is 1.46. The van der Waals surface area contributed by atoms with E-state index >= 15 is 0 Å². The molecule has 0 aliphatic heterocycles. The summed E-state index contributed by atoms with van der Waals surface area (Å²) in [4.78, 5) is 26.5. The third kappa shape index (κ3) is 4.91. The molecule has 0 fully saturated rings. The van der Waals surface area contributed by atoms with E-state index in [2.05, 4.69) is 17.0 Å². The molecule has 0 spiro atoms. The van der Waals surface area contributed by atoms with Crippen LogP contribution in [-0.4, -0.2) is 32.3 Å². The minimum Gasteiger partial charge on any atom is -0.462 e. The first kappa shape index (κ1) is 20.6. The molecule has 0 bridgehead atoms. The van der Waals surface area contributed by atoms with Gasteiger partial charge in [0.05, 0.1) is 28.5 Å². The molecule has 0 aliphatic carbocycles. The van der Waals surface area contributed by atoms with Crippen LogP contribution in [0.4, 0.5) is 5.69 Å². The zero-order valence-electron chi connectivity index (χ0n) is 15.4. The number of nitrogens with zero attached hydrogens (tertiary/aromatic N) is 4. The highest BCUT2D eigenvalue weighted by molar-refractivity contribution is 6.31. The predicted octanol–water partition coefficient (Wildman–Crippen LogP) is 4.30. The number of unbranched alkanes of at least 4 members (excludes halogenated alkanes) is 1. The van der Waals surface area contributed by atoms with E-state index in [0.717, 1.165) is 30.8 Å². The van der Waals surface area contributed by atoms with Crippen LogP contribution in [0.1, 0.15) is 54.0 Å². The number of pyridine rings is 1. The zero-order valence-corrected chi connectivity index (χ0v) is 16.2. The van der Waals surface area contributed by atoms with Gasteiger partial charge in [0.15, 0.2) is 0 Å². The van der Waals surface area contributed by atoms with Crippen LogP contribution in [0.3, 0.4) is 0 Å². The molecule has 0 saturated carbocycles. The summed E-state index contributed by atoms with van der Waals surface area (Å²) in [6, 6.07) is 1.16. The normalized spacial score (nSPS) is 11.1. The van der Waals surface area contributed by atoms with Gasteiger partial charge in [-0.2, -0.15) is 5.10 Å². The molecule has 0 aromatic carbocycles. The van der Waals surface area contributed by atoms with Crippen LogP contribution in [0.5, 0.6) is 0 Å². The highest BCUT2D eigenvalue weighted by atomic mass is 35.5. The molecule has 2 heterocycles. The third-order valence-electron chi connectivity index (χ3n) is 3.85. The maximum Gasteiger partial charge on any atom is 0.340 e. The molecule has 0 N–H and O–H groups in total. The van der Waals surface area contributed by atoms with Crippen molar-refractivity contribution in [3.8, 4) is 0 Å². The highest BCUT2D eigenvalue weighted by Crippen LogP contribution is 2.24. The molecule has 0 unspecified atom stereocenters. The first-order valence-electron chi connectivity index (χ1n) is 8.61. The van der Waals surface area contributed by atoms with Crippen LogP contribution < -0.4 is 0 Å². The van der Waals surface area contributed by atoms with Crippen molar-refractivity contribution in [1.29, 1.82) is 0 Å². The lowest BCUT2D eigenvalue weighted by atomic mass is 10.1. The fourth-order valence-corrected chi connectivity index (χ4v) is 2.77. The van der Waals surface area contributed by atoms with Crippen molar-refractivity contribution in [2.45, 2.75) is 40.2 Å². The van der Waals surface area contributed by atoms with Crippen molar-refractivity contribution in [3.63, 3.8) is 0 Å². The second-order valence-electron chi connectivity index (χ2n) is 5.80. The summed E-state index contributed by atoms with van der Waals surface area (Å²) in [6.07, 6.45) is 6.36. The first-order chi connectivity index (χ1) is 12.9. The van der Waals surface area contributed by atoms with E-state index in [9.17, 15) is 14.9 Å². The number of ether oxygens (including phenoxy) is 1. The van der Waals surface area contributed by atoms with Gasteiger partial charge in [-0.15, -0.1) is 0 Å². The van der Waals surface area contributed by atoms with Gasteiger partial charge < -0.3 is 4.74 Å². The molecule has 144 valence electrons. The summed E-state index contributed by atoms with van der Waals surface area (Å²) in [5.74, 6) is -0.671. The molecule has 8 nitrogen and oxygen atoms in total. The van der Waals surface area contributed by atoms with Crippen LogP contribution in [0.2, 0.25) is 5.15 Å². The summed E-state index contributed by atoms with van der Waals surface area (Å²) in [6.45, 7) is 6.45. The molecule has 0 amide bonds. The Balaban J connectivity index is 2.40. The van der Waals surface area contributed by atoms with E-state index in [4.69, 9.17) is 16.3 Å². The molecule has 0 atom stereocenters. The van der Waals surface area contributed by atoms with Crippen molar-refractivity contribution in [3.05, 3.63) is 50.0 Å². The van der Waals surface area contributed by atoms with E-state index < -0.39 is 10.9 Å². The topological polar surface area (TPSA) is 100 Å². The number of hydrogen-bond acceptors (Lipinski definition) is 6. The number of hydrogen-bond donors (Lipinski definition) is 0. The molecular formula is C18H21ClN4O4. The van der Waals surface area contributed by atoms with E-state index in [1.54, 1.807) is 23.8 Å². The Labute approximate surface area is 162 Å². The molecule has 9 heteroatoms. The third-order valence-corrected chi connectivity index (χ3v) is 4.25. The number of esters is 1. The fraction of sp³-hybridized carbons (Fsp3) is 0.389. The lowest BCUT2D eigenvalue weighted by Crippen LogP contribution is -2.08. The standard InChI is InChI=1S/C18H21ClN4O4/c1-4-6-9-22-17(19)14(12(3)21-22)7-8-16-15(18(24)27-5-2)10-13(11-20-16)23(25)26/h7-8,10-11H,4-6,9H2,1-3H3/b8-7+. The molecule has 0 radical (unpaired) electrons. The second-order valence-corrected chi connectivity index (χ2v) is 6.16. The number of rotatable bonds is 8. The fourth-order valence-electron chi connectivity index (χ4n) is 2.44. The Morgan fingerprint density at radius 3 is 2.78 bits per heavy atom. The Kier molecular flexibility index (Phi) is 7.06. The molecular weight excluding hydrogens is 372 g/mol. The van der Waals surface area contributed by atoms with Crippen LogP contribution in [0.25, 0.3) is 12.2 Å². The molecule has 27 heavy (non-hydrogen) atoms. The highest BCUT2D eigenvalue weighted by Gasteiger charge is 2.18. The van der Waals surface area contributed by atoms with Gasteiger partial charge in [0.25, 0.3) is 5.69 Å². The van der Waals surface area contributed by atoms with E-state index in [1.165, 1.54) is 0 Å². The quantitative estimate of drug-likeness (QED) is 0.377. The number of nitro groups is 1. The van der Waals surface area contributed by atoms with Crippen LogP contribution in [0.15, 0.2) is 12.3 Å². The maximum atomic E-state index is 12.1. The zero-order chi connectivity index (χ0) is 20.0. The Hall–Kier alpha value is -2.74. The van der Waals surface area contributed by atoms with Crippen molar-refractivity contribution >= 4 is 35.4 Å². The lowest BCUT2D eigenvalue weighted by Gasteiger charge is -2.05. The SMILES string of the molecule is CCCCn1nc(C)c(/C=C/c2ncc([N+](=O)[O-])cc2C(=O)OCC)c1Cl. The van der Waals surface area contributed by atoms with Crippen LogP contribution in [0, 0.1) is 17.0 Å². The van der Waals surface area contributed by atoms with Crippen molar-refractivity contribution in [2.24, 2.45) is 0 Å². The first-order valence-corrected chi connectivity index (χ1v) is 8.99. The average molecular weight is 393 g/mol. The Bertz CT molecular complexity index is 876. The van der Waals surface area contributed by atoms with Crippen molar-refractivity contribution < 1.29 is 14.5 Å². The predicted molar refractivity (Wildman–Crippen MR) is 103 cm³/mol. The molecule has 0 aliphatic rings. The number of aromatic nitrogens is 3. The summed E-state index contributed by atoms with van der Waals surface area (Å²) in [7, 11) is 0. The smallest absolute Gasteiger partial charge is 0.340 e. The van der Waals surface area contributed by atoms with E-state index in [-0.39, 0.29) is 23.6 Å². The Morgan fingerprint density at radius 2 is 2.15 bits per heavy atom. The van der Waals surface area contributed by atoms with Gasteiger partial charge in [0.1, 0.15) is 11.3 Å². The monoisotopic (exact) mass is 392 g/mol. The largest absolute Gasteiger partial charge is 0.462 e. The van der Waals surface area contributed by atoms with Gasteiger partial charge in [0.2, 0.25) is 0 Å². The summed E-state index contributed by atoms with van der Waals surface area (Å²) < 4.78 is 6.71. The van der Waals surface area contributed by atoms with Crippen molar-refractivity contribution in [1.82, 2.24) is 14.8 Å². The van der Waals surface area contributed by atoms with Gasteiger partial charge in [-0.3, -0.25) is 14.8 Å². The van der Waals surface area contributed by atoms with Crippen LogP contribution >= 0.6 is 11.6 Å².